The Labute approximate surface area is 183 Å². The number of hydrogen-bond donors (Lipinski definition) is 2. The van der Waals surface area contributed by atoms with Crippen molar-refractivity contribution < 1.29 is 17.9 Å². The molecule has 1 aliphatic rings. The Morgan fingerprint density at radius 1 is 1.16 bits per heavy atom. The van der Waals surface area contributed by atoms with E-state index in [1.54, 1.807) is 12.1 Å². The van der Waals surface area contributed by atoms with E-state index in [2.05, 4.69) is 32.5 Å². The van der Waals surface area contributed by atoms with Gasteiger partial charge in [0.1, 0.15) is 5.75 Å². The van der Waals surface area contributed by atoms with Crippen molar-refractivity contribution in [2.45, 2.75) is 39.4 Å². The molecule has 0 atom stereocenters. The van der Waals surface area contributed by atoms with E-state index in [1.165, 1.54) is 6.42 Å². The number of rotatable bonds is 9. The van der Waals surface area contributed by atoms with E-state index in [0.29, 0.717) is 18.1 Å². The first-order chi connectivity index (χ1) is 14.8. The van der Waals surface area contributed by atoms with E-state index in [9.17, 15) is 13.2 Å². The number of alkyl halides is 3. The minimum atomic E-state index is -4.37. The van der Waals surface area contributed by atoms with Crippen LogP contribution in [0.1, 0.15) is 30.9 Å². The van der Waals surface area contributed by atoms with Gasteiger partial charge in [0.15, 0.2) is 12.6 Å². The molecule has 0 aliphatic carbocycles. The second-order valence-electron chi connectivity index (χ2n) is 7.99. The van der Waals surface area contributed by atoms with Gasteiger partial charge in [0.25, 0.3) is 0 Å². The Hall–Kier alpha value is -2.00. The lowest BCUT2D eigenvalue weighted by Crippen LogP contribution is -2.39. The number of benzene rings is 1. The van der Waals surface area contributed by atoms with Crippen molar-refractivity contribution >= 4 is 5.96 Å². The molecule has 0 radical (unpaired) electrons. The summed E-state index contributed by atoms with van der Waals surface area (Å²) in [4.78, 5) is 9.40. The highest BCUT2D eigenvalue weighted by Gasteiger charge is 2.28. The van der Waals surface area contributed by atoms with Crippen molar-refractivity contribution in [2.75, 3.05) is 59.5 Å². The first-order valence-corrected chi connectivity index (χ1v) is 11.0. The number of nitrogens with zero attached hydrogens (tertiary/aromatic N) is 3. The van der Waals surface area contributed by atoms with Crippen LogP contribution in [0.2, 0.25) is 0 Å². The topological polar surface area (TPSA) is 52.1 Å². The van der Waals surface area contributed by atoms with E-state index in [0.717, 1.165) is 51.3 Å². The highest BCUT2D eigenvalue weighted by Crippen LogP contribution is 2.24. The molecule has 0 unspecified atom stereocenters. The zero-order valence-corrected chi connectivity index (χ0v) is 18.9. The van der Waals surface area contributed by atoms with Gasteiger partial charge < -0.3 is 25.2 Å². The Bertz CT molecular complexity index is 696. The molecular weight excluding hydrogens is 407 g/mol. The maximum Gasteiger partial charge on any atom is 0.422 e. The second kappa shape index (κ2) is 12.8. The van der Waals surface area contributed by atoms with Crippen LogP contribution in [0.15, 0.2) is 23.2 Å². The quantitative estimate of drug-likeness (QED) is 0.349. The molecular formula is C22H36F3N5O. The van der Waals surface area contributed by atoms with Crippen LogP contribution in [0.4, 0.5) is 13.2 Å². The molecule has 0 aromatic heterocycles. The molecule has 1 aliphatic heterocycles. The zero-order chi connectivity index (χ0) is 22.7. The lowest BCUT2D eigenvalue weighted by atomic mass is 10.1. The summed E-state index contributed by atoms with van der Waals surface area (Å²) in [5.74, 6) is 0.878. The molecule has 1 fully saturated rings. The van der Waals surface area contributed by atoms with Gasteiger partial charge in [-0.25, -0.2) is 4.99 Å². The van der Waals surface area contributed by atoms with Crippen LogP contribution in [0.3, 0.4) is 0 Å². The number of nitrogens with one attached hydrogen (secondary N) is 2. The number of ether oxygens (including phenoxy) is 1. The first kappa shape index (κ1) is 25.3. The van der Waals surface area contributed by atoms with Crippen LogP contribution >= 0.6 is 0 Å². The molecule has 1 heterocycles. The lowest BCUT2D eigenvalue weighted by Gasteiger charge is -2.20. The van der Waals surface area contributed by atoms with Crippen LogP contribution in [0, 0.1) is 6.92 Å². The predicted octanol–water partition coefficient (Wildman–Crippen LogP) is 3.02. The number of guanidine groups is 1. The minimum absolute atomic E-state index is 0.225. The number of likely N-dealkylation sites (N-methyl/N-ethyl adjacent to an activating group) is 1. The van der Waals surface area contributed by atoms with E-state index in [4.69, 9.17) is 4.74 Å². The summed E-state index contributed by atoms with van der Waals surface area (Å²) in [5.41, 5.74) is 1.47. The Morgan fingerprint density at radius 2 is 1.97 bits per heavy atom. The second-order valence-corrected chi connectivity index (χ2v) is 7.99. The normalized spacial score (nSPS) is 16.8. The van der Waals surface area contributed by atoms with Crippen molar-refractivity contribution in [1.29, 1.82) is 0 Å². The SMILES string of the molecule is CCNC(=NCc1ccc(C)cc1OCC(F)(F)F)NCCCN1CCCN(C)CC1. The third-order valence-corrected chi connectivity index (χ3v) is 5.12. The van der Waals surface area contributed by atoms with Crippen molar-refractivity contribution in [3.63, 3.8) is 0 Å². The van der Waals surface area contributed by atoms with E-state index in [1.807, 2.05) is 19.9 Å². The van der Waals surface area contributed by atoms with Crippen molar-refractivity contribution in [2.24, 2.45) is 4.99 Å². The van der Waals surface area contributed by atoms with Gasteiger partial charge >= 0.3 is 6.18 Å². The molecule has 0 bridgehead atoms. The van der Waals surface area contributed by atoms with Gasteiger partial charge in [-0.2, -0.15) is 13.2 Å². The molecule has 2 N–H and O–H groups in total. The zero-order valence-electron chi connectivity index (χ0n) is 18.9. The van der Waals surface area contributed by atoms with E-state index in [-0.39, 0.29) is 12.3 Å². The van der Waals surface area contributed by atoms with Gasteiger partial charge in [-0.3, -0.25) is 0 Å². The van der Waals surface area contributed by atoms with Gasteiger partial charge in [0, 0.05) is 31.7 Å². The summed E-state index contributed by atoms with van der Waals surface area (Å²) in [7, 11) is 2.16. The number of halogens is 3. The fourth-order valence-corrected chi connectivity index (χ4v) is 3.43. The lowest BCUT2D eigenvalue weighted by molar-refractivity contribution is -0.153. The maximum atomic E-state index is 12.6. The van der Waals surface area contributed by atoms with Crippen LogP contribution in [0.25, 0.3) is 0 Å². The third kappa shape index (κ3) is 10.2. The van der Waals surface area contributed by atoms with Crippen LogP contribution in [0.5, 0.6) is 5.75 Å². The van der Waals surface area contributed by atoms with Crippen LogP contribution < -0.4 is 15.4 Å². The summed E-state index contributed by atoms with van der Waals surface area (Å²) in [5, 5.41) is 6.52. The molecule has 176 valence electrons. The van der Waals surface area contributed by atoms with Gasteiger partial charge in [-0.1, -0.05) is 12.1 Å². The molecule has 0 spiro atoms. The maximum absolute atomic E-state index is 12.6. The molecule has 1 aromatic rings. The monoisotopic (exact) mass is 443 g/mol. The van der Waals surface area contributed by atoms with Crippen LogP contribution in [-0.2, 0) is 6.54 Å². The van der Waals surface area contributed by atoms with Gasteiger partial charge in [-0.15, -0.1) is 0 Å². The standard InChI is InChI=1S/C22H36F3N5O/c1-4-26-21(27-9-5-11-30-12-6-10-29(3)13-14-30)28-16-19-8-7-18(2)15-20(19)31-17-22(23,24)25/h7-8,15H,4-6,9-14,16-17H2,1-3H3,(H2,26,27,28). The number of aryl methyl sites for hydroxylation is 1. The third-order valence-electron chi connectivity index (χ3n) is 5.12. The van der Waals surface area contributed by atoms with Gasteiger partial charge in [0.2, 0.25) is 0 Å². The fraction of sp³-hybridized carbons (Fsp3) is 0.682. The molecule has 9 heteroatoms. The first-order valence-electron chi connectivity index (χ1n) is 11.0. The largest absolute Gasteiger partial charge is 0.484 e. The van der Waals surface area contributed by atoms with Gasteiger partial charge in [0.05, 0.1) is 6.54 Å². The molecule has 31 heavy (non-hydrogen) atoms. The molecule has 0 amide bonds. The number of hydrogen-bond acceptors (Lipinski definition) is 4. The summed E-state index contributed by atoms with van der Waals surface area (Å²) in [6.45, 7) is 9.74. The molecule has 1 saturated heterocycles. The summed E-state index contributed by atoms with van der Waals surface area (Å²) < 4.78 is 42.7. The highest BCUT2D eigenvalue weighted by molar-refractivity contribution is 5.79. The number of aliphatic imine (C=N–C) groups is 1. The highest BCUT2D eigenvalue weighted by atomic mass is 19.4. The van der Waals surface area contributed by atoms with Crippen molar-refractivity contribution in [1.82, 2.24) is 20.4 Å². The molecule has 2 rings (SSSR count). The van der Waals surface area contributed by atoms with Gasteiger partial charge in [-0.05, 0) is 65.0 Å². The Morgan fingerprint density at radius 3 is 2.71 bits per heavy atom. The summed E-state index contributed by atoms with van der Waals surface area (Å²) in [6.07, 6.45) is -2.18. The molecule has 6 nitrogen and oxygen atoms in total. The molecule has 1 aromatic carbocycles. The van der Waals surface area contributed by atoms with E-state index < -0.39 is 12.8 Å². The van der Waals surface area contributed by atoms with E-state index >= 15 is 0 Å². The summed E-state index contributed by atoms with van der Waals surface area (Å²) in [6, 6.07) is 5.24. The molecule has 0 saturated carbocycles. The van der Waals surface area contributed by atoms with Crippen LogP contribution in [-0.4, -0.2) is 81.4 Å². The Kier molecular flexibility index (Phi) is 10.4. The average molecular weight is 444 g/mol. The summed E-state index contributed by atoms with van der Waals surface area (Å²) >= 11 is 0. The van der Waals surface area contributed by atoms with Crippen molar-refractivity contribution in [3.05, 3.63) is 29.3 Å². The minimum Gasteiger partial charge on any atom is -0.484 e. The fourth-order valence-electron chi connectivity index (χ4n) is 3.43. The smallest absolute Gasteiger partial charge is 0.422 e. The predicted molar refractivity (Wildman–Crippen MR) is 119 cm³/mol. The Balaban J connectivity index is 1.87. The van der Waals surface area contributed by atoms with Crippen molar-refractivity contribution in [3.8, 4) is 5.75 Å². The average Bonchev–Trinajstić information content (AvgIpc) is 2.92.